The third-order valence-electron chi connectivity index (χ3n) is 2.78. The fourth-order valence-corrected chi connectivity index (χ4v) is 2.05. The van der Waals surface area contributed by atoms with Crippen molar-refractivity contribution in [3.63, 3.8) is 0 Å². The van der Waals surface area contributed by atoms with Crippen LogP contribution in [0.4, 0.5) is 5.69 Å². The first-order valence-corrected chi connectivity index (χ1v) is 5.60. The fraction of sp³-hybridized carbons (Fsp3) is 0.231. The molecular formula is C13H12N2OS. The van der Waals surface area contributed by atoms with Crippen LogP contribution in [0.15, 0.2) is 23.3 Å². The molecule has 2 aromatic rings. The first-order chi connectivity index (χ1) is 8.19. The van der Waals surface area contributed by atoms with E-state index in [1.54, 1.807) is 13.3 Å². The molecule has 86 valence electrons. The van der Waals surface area contributed by atoms with Gasteiger partial charge in [-0.15, -0.1) is 0 Å². The molecule has 0 aliphatic heterocycles. The van der Waals surface area contributed by atoms with Crippen molar-refractivity contribution < 1.29 is 4.74 Å². The summed E-state index contributed by atoms with van der Waals surface area (Å²) < 4.78 is 5.37. The average molecular weight is 244 g/mol. The van der Waals surface area contributed by atoms with Gasteiger partial charge in [0, 0.05) is 11.6 Å². The first kappa shape index (κ1) is 11.7. The molecule has 0 saturated carbocycles. The number of benzene rings is 1. The van der Waals surface area contributed by atoms with Gasteiger partial charge in [-0.2, -0.15) is 4.99 Å². The third-order valence-corrected chi connectivity index (χ3v) is 2.88. The summed E-state index contributed by atoms with van der Waals surface area (Å²) in [6, 6.07) is 3.81. The van der Waals surface area contributed by atoms with Gasteiger partial charge in [0.2, 0.25) is 0 Å². The smallest absolute Gasteiger partial charge is 0.130 e. The zero-order chi connectivity index (χ0) is 12.4. The van der Waals surface area contributed by atoms with Crippen LogP contribution in [0.2, 0.25) is 0 Å². The number of thiocarbonyl (C=S) groups is 1. The van der Waals surface area contributed by atoms with Crippen molar-refractivity contribution in [2.45, 2.75) is 13.8 Å². The normalized spacial score (nSPS) is 10.1. The van der Waals surface area contributed by atoms with Crippen LogP contribution in [0, 0.1) is 13.8 Å². The van der Waals surface area contributed by atoms with E-state index in [9.17, 15) is 0 Å². The summed E-state index contributed by atoms with van der Waals surface area (Å²) in [6.45, 7) is 3.98. The molecule has 3 nitrogen and oxygen atoms in total. The summed E-state index contributed by atoms with van der Waals surface area (Å²) in [5.74, 6) is 0.803. The number of hydrogen-bond donors (Lipinski definition) is 0. The minimum atomic E-state index is 0.803. The Morgan fingerprint density at radius 2 is 2.18 bits per heavy atom. The Kier molecular flexibility index (Phi) is 3.18. The summed E-state index contributed by atoms with van der Waals surface area (Å²) >= 11 is 4.66. The van der Waals surface area contributed by atoms with Crippen molar-refractivity contribution in [2.75, 3.05) is 7.11 Å². The van der Waals surface area contributed by atoms with Crippen LogP contribution in [0.1, 0.15) is 11.1 Å². The number of rotatable bonds is 2. The van der Waals surface area contributed by atoms with Gasteiger partial charge in [-0.3, -0.25) is 4.98 Å². The third kappa shape index (κ3) is 1.93. The summed E-state index contributed by atoms with van der Waals surface area (Å²) in [6.07, 6.45) is 1.75. The van der Waals surface area contributed by atoms with Crippen LogP contribution in [-0.2, 0) is 0 Å². The van der Waals surface area contributed by atoms with Gasteiger partial charge >= 0.3 is 0 Å². The summed E-state index contributed by atoms with van der Waals surface area (Å²) in [7, 11) is 1.65. The molecule has 0 spiro atoms. The number of aryl methyl sites for hydroxylation is 2. The van der Waals surface area contributed by atoms with E-state index < -0.39 is 0 Å². The molecule has 1 aromatic heterocycles. The van der Waals surface area contributed by atoms with E-state index in [-0.39, 0.29) is 0 Å². The second-order valence-electron chi connectivity index (χ2n) is 3.78. The maximum atomic E-state index is 5.37. The van der Waals surface area contributed by atoms with Crippen molar-refractivity contribution in [1.29, 1.82) is 0 Å². The van der Waals surface area contributed by atoms with E-state index in [0.29, 0.717) is 0 Å². The number of ether oxygens (including phenoxy) is 1. The lowest BCUT2D eigenvalue weighted by Crippen LogP contribution is -1.92. The quantitative estimate of drug-likeness (QED) is 0.598. The van der Waals surface area contributed by atoms with E-state index in [2.05, 4.69) is 27.4 Å². The highest BCUT2D eigenvalue weighted by Crippen LogP contribution is 2.34. The molecule has 0 radical (unpaired) electrons. The Hall–Kier alpha value is -1.77. The highest BCUT2D eigenvalue weighted by molar-refractivity contribution is 7.78. The number of methoxy groups -OCH3 is 1. The van der Waals surface area contributed by atoms with Crippen molar-refractivity contribution in [1.82, 2.24) is 4.98 Å². The van der Waals surface area contributed by atoms with Crippen LogP contribution in [0.5, 0.6) is 5.75 Å². The molecule has 17 heavy (non-hydrogen) atoms. The second kappa shape index (κ2) is 4.62. The van der Waals surface area contributed by atoms with Crippen molar-refractivity contribution in [2.24, 2.45) is 4.99 Å². The molecule has 2 rings (SSSR count). The van der Waals surface area contributed by atoms with Gasteiger partial charge in [0.15, 0.2) is 0 Å². The zero-order valence-electron chi connectivity index (χ0n) is 9.94. The van der Waals surface area contributed by atoms with Gasteiger partial charge in [-0.05, 0) is 49.3 Å². The molecule has 1 aromatic carbocycles. The Bertz CT molecular complexity index is 631. The number of fused-ring (bicyclic) bond motifs is 1. The topological polar surface area (TPSA) is 34.5 Å². The van der Waals surface area contributed by atoms with Crippen LogP contribution in [0.25, 0.3) is 10.9 Å². The predicted molar refractivity (Wildman–Crippen MR) is 72.5 cm³/mol. The van der Waals surface area contributed by atoms with Gasteiger partial charge in [-0.25, -0.2) is 0 Å². The van der Waals surface area contributed by atoms with E-state index in [1.165, 1.54) is 0 Å². The van der Waals surface area contributed by atoms with Crippen LogP contribution in [0.3, 0.4) is 0 Å². The SMILES string of the molecule is COc1ccnc2c(C)cc(N=C=S)c(C)c12. The van der Waals surface area contributed by atoms with Gasteiger partial charge in [-0.1, -0.05) is 0 Å². The van der Waals surface area contributed by atoms with Gasteiger partial charge in [0.25, 0.3) is 0 Å². The van der Waals surface area contributed by atoms with E-state index in [4.69, 9.17) is 4.74 Å². The fourth-order valence-electron chi connectivity index (χ4n) is 1.95. The summed E-state index contributed by atoms with van der Waals surface area (Å²) in [5, 5.41) is 3.39. The van der Waals surface area contributed by atoms with Crippen molar-refractivity contribution in [3.05, 3.63) is 29.5 Å². The molecule has 0 N–H and O–H groups in total. The van der Waals surface area contributed by atoms with E-state index in [1.807, 2.05) is 26.0 Å². The van der Waals surface area contributed by atoms with Crippen LogP contribution < -0.4 is 4.74 Å². The molecule has 0 bridgehead atoms. The number of hydrogen-bond acceptors (Lipinski definition) is 4. The lowest BCUT2D eigenvalue weighted by molar-refractivity contribution is 0.419. The van der Waals surface area contributed by atoms with Crippen molar-refractivity contribution in [3.8, 4) is 5.75 Å². The Morgan fingerprint density at radius 3 is 2.82 bits per heavy atom. The van der Waals surface area contributed by atoms with E-state index in [0.717, 1.165) is 33.5 Å². The van der Waals surface area contributed by atoms with Crippen LogP contribution >= 0.6 is 12.2 Å². The molecule has 0 aliphatic rings. The highest BCUT2D eigenvalue weighted by Gasteiger charge is 2.11. The number of nitrogens with zero attached hydrogens (tertiary/aromatic N) is 2. The molecular weight excluding hydrogens is 232 g/mol. The molecule has 0 aliphatic carbocycles. The number of isothiocyanates is 1. The van der Waals surface area contributed by atoms with Gasteiger partial charge in [0.05, 0.1) is 23.5 Å². The molecule has 0 saturated heterocycles. The first-order valence-electron chi connectivity index (χ1n) is 5.19. The summed E-state index contributed by atoms with van der Waals surface area (Å²) in [5.41, 5.74) is 3.81. The lowest BCUT2D eigenvalue weighted by atomic mass is 10.0. The minimum Gasteiger partial charge on any atom is -0.496 e. The zero-order valence-corrected chi connectivity index (χ0v) is 10.8. The average Bonchev–Trinajstić information content (AvgIpc) is 2.35. The maximum absolute atomic E-state index is 5.37. The largest absolute Gasteiger partial charge is 0.496 e. The van der Waals surface area contributed by atoms with Gasteiger partial charge in [0.1, 0.15) is 5.75 Å². The molecule has 4 heteroatoms. The Balaban J connectivity index is 2.94. The molecule has 1 heterocycles. The Morgan fingerprint density at radius 1 is 1.41 bits per heavy atom. The molecule has 0 atom stereocenters. The van der Waals surface area contributed by atoms with E-state index >= 15 is 0 Å². The predicted octanol–water partition coefficient (Wildman–Crippen LogP) is 3.59. The number of aromatic nitrogens is 1. The molecule has 0 fully saturated rings. The maximum Gasteiger partial charge on any atom is 0.130 e. The minimum absolute atomic E-state index is 0.803. The number of aliphatic imine (C=N–C) groups is 1. The molecule has 0 amide bonds. The summed E-state index contributed by atoms with van der Waals surface area (Å²) in [4.78, 5) is 8.46. The monoisotopic (exact) mass is 244 g/mol. The van der Waals surface area contributed by atoms with Crippen molar-refractivity contribution >= 4 is 34.0 Å². The lowest BCUT2D eigenvalue weighted by Gasteiger charge is -2.11. The highest BCUT2D eigenvalue weighted by atomic mass is 32.1. The van der Waals surface area contributed by atoms with Gasteiger partial charge < -0.3 is 4.74 Å². The standard InChI is InChI=1S/C13H12N2OS/c1-8-6-10(15-7-17)9(2)12-11(16-3)4-5-14-13(8)12/h4-6H,1-3H3. The molecule has 0 unspecified atom stereocenters. The Labute approximate surface area is 105 Å². The number of pyridine rings is 1. The van der Waals surface area contributed by atoms with Crippen LogP contribution in [-0.4, -0.2) is 17.3 Å². The second-order valence-corrected chi connectivity index (χ2v) is 3.96.